The standard InChI is InChI=1S/C17H18ClN5O2S/c1-11(2)16(12-5-7-13(18)8-6-12)19-14(24)10-22-17(25)23(21-20-22)15-4-3-9-26-15/h3-9,11,16H,10H2,1-2H3,(H,19,24). The van der Waals surface area contributed by atoms with Crippen LogP contribution in [0.3, 0.4) is 0 Å². The predicted molar refractivity (Wildman–Crippen MR) is 101 cm³/mol. The molecule has 3 aromatic rings. The molecule has 0 saturated heterocycles. The van der Waals surface area contributed by atoms with Crippen LogP contribution >= 0.6 is 22.9 Å². The Morgan fingerprint density at radius 3 is 2.58 bits per heavy atom. The molecule has 2 heterocycles. The van der Waals surface area contributed by atoms with E-state index in [0.29, 0.717) is 10.0 Å². The second-order valence-corrected chi connectivity index (χ2v) is 7.49. The van der Waals surface area contributed by atoms with E-state index in [0.717, 1.165) is 10.2 Å². The van der Waals surface area contributed by atoms with Gasteiger partial charge in [0.1, 0.15) is 11.5 Å². The predicted octanol–water partition coefficient (Wildman–Crippen LogP) is 2.66. The van der Waals surface area contributed by atoms with Gasteiger partial charge in [-0.1, -0.05) is 37.6 Å². The second-order valence-electron chi connectivity index (χ2n) is 6.12. The van der Waals surface area contributed by atoms with Crippen molar-refractivity contribution in [2.75, 3.05) is 0 Å². The maximum atomic E-state index is 12.4. The normalized spacial score (nSPS) is 12.3. The van der Waals surface area contributed by atoms with E-state index < -0.39 is 5.69 Å². The van der Waals surface area contributed by atoms with Gasteiger partial charge in [-0.2, -0.15) is 9.36 Å². The molecule has 2 aromatic heterocycles. The van der Waals surface area contributed by atoms with E-state index in [9.17, 15) is 9.59 Å². The largest absolute Gasteiger partial charge is 0.369 e. The Kier molecular flexibility index (Phi) is 5.53. The van der Waals surface area contributed by atoms with Crippen LogP contribution in [-0.2, 0) is 11.3 Å². The van der Waals surface area contributed by atoms with Crippen molar-refractivity contribution >= 4 is 28.8 Å². The van der Waals surface area contributed by atoms with Crippen molar-refractivity contribution in [3.8, 4) is 5.00 Å². The zero-order valence-electron chi connectivity index (χ0n) is 14.3. The van der Waals surface area contributed by atoms with E-state index in [1.54, 1.807) is 18.2 Å². The lowest BCUT2D eigenvalue weighted by Gasteiger charge is -2.23. The van der Waals surface area contributed by atoms with Gasteiger partial charge in [0, 0.05) is 5.02 Å². The Hall–Kier alpha value is -2.45. The first kappa shape index (κ1) is 18.3. The molecule has 26 heavy (non-hydrogen) atoms. The van der Waals surface area contributed by atoms with E-state index in [1.807, 2.05) is 37.4 Å². The van der Waals surface area contributed by atoms with Crippen LogP contribution in [0.1, 0.15) is 25.5 Å². The lowest BCUT2D eigenvalue weighted by molar-refractivity contribution is -0.123. The monoisotopic (exact) mass is 391 g/mol. The molecule has 1 N–H and O–H groups in total. The van der Waals surface area contributed by atoms with Gasteiger partial charge in [0.2, 0.25) is 5.91 Å². The number of halogens is 1. The van der Waals surface area contributed by atoms with Crippen LogP contribution in [0.15, 0.2) is 46.6 Å². The summed E-state index contributed by atoms with van der Waals surface area (Å²) in [6, 6.07) is 10.7. The molecule has 1 amide bonds. The van der Waals surface area contributed by atoms with Gasteiger partial charge in [-0.15, -0.1) is 11.3 Å². The van der Waals surface area contributed by atoms with E-state index >= 15 is 0 Å². The summed E-state index contributed by atoms with van der Waals surface area (Å²) in [6.45, 7) is 3.83. The van der Waals surface area contributed by atoms with Crippen molar-refractivity contribution in [3.05, 3.63) is 62.8 Å². The molecule has 7 nitrogen and oxygen atoms in total. The number of aromatic nitrogens is 4. The minimum absolute atomic E-state index is 0.165. The molecule has 3 rings (SSSR count). The van der Waals surface area contributed by atoms with Crippen molar-refractivity contribution in [1.29, 1.82) is 0 Å². The zero-order valence-corrected chi connectivity index (χ0v) is 15.9. The minimum atomic E-state index is -0.449. The number of hydrogen-bond donors (Lipinski definition) is 1. The van der Waals surface area contributed by atoms with E-state index in [2.05, 4.69) is 15.7 Å². The maximum absolute atomic E-state index is 12.4. The molecular formula is C17H18ClN5O2S. The molecule has 0 spiro atoms. The third-order valence-corrected chi connectivity index (χ3v) is 4.96. The Labute approximate surface area is 159 Å². The molecule has 1 aromatic carbocycles. The number of thiophene rings is 1. The number of tetrazole rings is 1. The number of nitrogens with one attached hydrogen (secondary N) is 1. The van der Waals surface area contributed by atoms with Gasteiger partial charge in [0.25, 0.3) is 0 Å². The molecule has 0 aliphatic rings. The van der Waals surface area contributed by atoms with Crippen LogP contribution in [0.25, 0.3) is 5.00 Å². The summed E-state index contributed by atoms with van der Waals surface area (Å²) in [5.41, 5.74) is 0.502. The quantitative estimate of drug-likeness (QED) is 0.700. The minimum Gasteiger partial charge on any atom is -0.347 e. The van der Waals surface area contributed by atoms with Gasteiger partial charge in [0.15, 0.2) is 0 Å². The number of amides is 1. The Balaban J connectivity index is 1.73. The Morgan fingerprint density at radius 2 is 1.96 bits per heavy atom. The summed E-state index contributed by atoms with van der Waals surface area (Å²) in [5.74, 6) is -0.141. The molecule has 0 radical (unpaired) electrons. The lowest BCUT2D eigenvalue weighted by Crippen LogP contribution is -2.37. The summed E-state index contributed by atoms with van der Waals surface area (Å²) in [4.78, 5) is 24.8. The fourth-order valence-corrected chi connectivity index (χ4v) is 3.36. The molecule has 0 bridgehead atoms. The van der Waals surface area contributed by atoms with Crippen molar-refractivity contribution in [3.63, 3.8) is 0 Å². The fraction of sp³-hybridized carbons (Fsp3) is 0.294. The van der Waals surface area contributed by atoms with E-state index in [1.165, 1.54) is 16.0 Å². The number of carbonyl (C=O) groups is 1. The number of nitrogens with zero attached hydrogens (tertiary/aromatic N) is 4. The molecule has 9 heteroatoms. The topological polar surface area (TPSA) is 81.8 Å². The number of rotatable bonds is 6. The molecule has 1 unspecified atom stereocenters. The highest BCUT2D eigenvalue weighted by Gasteiger charge is 2.20. The van der Waals surface area contributed by atoms with Gasteiger partial charge in [-0.3, -0.25) is 4.79 Å². The third-order valence-electron chi connectivity index (χ3n) is 3.86. The Morgan fingerprint density at radius 1 is 1.23 bits per heavy atom. The molecule has 0 aliphatic carbocycles. The summed E-state index contributed by atoms with van der Waals surface area (Å²) >= 11 is 7.30. The van der Waals surface area contributed by atoms with Crippen LogP contribution < -0.4 is 11.0 Å². The first-order valence-electron chi connectivity index (χ1n) is 8.07. The van der Waals surface area contributed by atoms with Gasteiger partial charge < -0.3 is 5.32 Å². The highest BCUT2D eigenvalue weighted by atomic mass is 35.5. The number of hydrogen-bond acceptors (Lipinski definition) is 5. The second kappa shape index (κ2) is 7.84. The lowest BCUT2D eigenvalue weighted by atomic mass is 9.96. The molecule has 0 fully saturated rings. The van der Waals surface area contributed by atoms with E-state index in [-0.39, 0.29) is 24.4 Å². The highest BCUT2D eigenvalue weighted by Crippen LogP contribution is 2.23. The molecule has 0 aliphatic heterocycles. The highest BCUT2D eigenvalue weighted by molar-refractivity contribution is 7.12. The van der Waals surface area contributed by atoms with Crippen molar-refractivity contribution in [2.24, 2.45) is 5.92 Å². The van der Waals surface area contributed by atoms with Gasteiger partial charge in [0.05, 0.1) is 6.04 Å². The maximum Gasteiger partial charge on any atom is 0.369 e. The van der Waals surface area contributed by atoms with Crippen LogP contribution in [0.4, 0.5) is 0 Å². The first-order valence-corrected chi connectivity index (χ1v) is 9.33. The average molecular weight is 392 g/mol. The van der Waals surface area contributed by atoms with Gasteiger partial charge in [-0.05, 0) is 51.6 Å². The van der Waals surface area contributed by atoms with Crippen molar-refractivity contribution in [1.82, 2.24) is 25.1 Å². The summed E-state index contributed by atoms with van der Waals surface area (Å²) < 4.78 is 2.23. The Bertz CT molecular complexity index is 931. The van der Waals surface area contributed by atoms with E-state index in [4.69, 9.17) is 11.6 Å². The van der Waals surface area contributed by atoms with Crippen LogP contribution in [0, 0.1) is 5.92 Å². The van der Waals surface area contributed by atoms with Crippen LogP contribution in [-0.4, -0.2) is 25.7 Å². The summed E-state index contributed by atoms with van der Waals surface area (Å²) in [7, 11) is 0. The van der Waals surface area contributed by atoms with Crippen molar-refractivity contribution in [2.45, 2.75) is 26.4 Å². The fourth-order valence-electron chi connectivity index (χ4n) is 2.56. The van der Waals surface area contributed by atoms with Gasteiger partial charge in [-0.25, -0.2) is 4.79 Å². The van der Waals surface area contributed by atoms with Crippen molar-refractivity contribution < 1.29 is 4.79 Å². The number of benzene rings is 1. The zero-order chi connectivity index (χ0) is 18.7. The van der Waals surface area contributed by atoms with Crippen LogP contribution in [0.5, 0.6) is 0 Å². The average Bonchev–Trinajstić information content (AvgIpc) is 3.24. The summed E-state index contributed by atoms with van der Waals surface area (Å²) in [5, 5.41) is 13.7. The smallest absolute Gasteiger partial charge is 0.347 e. The SMILES string of the molecule is CC(C)C(NC(=O)Cn1nnn(-c2cccs2)c1=O)c1ccc(Cl)cc1. The molecular weight excluding hydrogens is 374 g/mol. The molecule has 0 saturated carbocycles. The third kappa shape index (κ3) is 4.03. The first-order chi connectivity index (χ1) is 12.5. The number of carbonyl (C=O) groups excluding carboxylic acids is 1. The molecule has 1 atom stereocenters. The van der Waals surface area contributed by atoms with Crippen LogP contribution in [0.2, 0.25) is 5.02 Å². The summed E-state index contributed by atoms with van der Waals surface area (Å²) in [6.07, 6.45) is 0. The molecule has 136 valence electrons. The van der Waals surface area contributed by atoms with Gasteiger partial charge >= 0.3 is 5.69 Å².